The molecule has 0 radical (unpaired) electrons. The zero-order chi connectivity index (χ0) is 19.1. The molecule has 150 valence electrons. The molecule has 0 atom stereocenters. The Balaban J connectivity index is 0.00000280. The average Bonchev–Trinajstić information content (AvgIpc) is 3.35. The Morgan fingerprint density at radius 1 is 1.14 bits per heavy atom. The highest BCUT2D eigenvalue weighted by Gasteiger charge is 2.09. The van der Waals surface area contributed by atoms with E-state index in [0.29, 0.717) is 25.0 Å². The highest BCUT2D eigenvalue weighted by molar-refractivity contribution is 14.0. The number of hydrogen-bond donors (Lipinski definition) is 2. The number of halogens is 1. The molecular formula is C20H27IN6O. The number of benzene rings is 1. The molecule has 0 amide bonds. The summed E-state index contributed by atoms with van der Waals surface area (Å²) in [6.07, 6.45) is 3.76. The van der Waals surface area contributed by atoms with Crippen molar-refractivity contribution >= 4 is 29.9 Å². The molecule has 28 heavy (non-hydrogen) atoms. The van der Waals surface area contributed by atoms with Gasteiger partial charge in [0, 0.05) is 32.1 Å². The number of nitrogens with one attached hydrogen (secondary N) is 2. The predicted molar refractivity (Wildman–Crippen MR) is 121 cm³/mol. The molecule has 7 nitrogen and oxygen atoms in total. The van der Waals surface area contributed by atoms with Gasteiger partial charge in [-0.2, -0.15) is 5.10 Å². The maximum atomic E-state index is 5.36. The van der Waals surface area contributed by atoms with Crippen LogP contribution >= 0.6 is 24.0 Å². The van der Waals surface area contributed by atoms with Crippen molar-refractivity contribution in [1.82, 2.24) is 25.6 Å². The van der Waals surface area contributed by atoms with Crippen LogP contribution in [-0.4, -0.2) is 27.9 Å². The van der Waals surface area contributed by atoms with Crippen LogP contribution in [0.3, 0.4) is 0 Å². The molecule has 0 saturated heterocycles. The summed E-state index contributed by atoms with van der Waals surface area (Å²) in [6.45, 7) is 6.14. The van der Waals surface area contributed by atoms with Crippen molar-refractivity contribution in [3.05, 3.63) is 71.4 Å². The molecule has 0 unspecified atom stereocenters. The van der Waals surface area contributed by atoms with Crippen molar-refractivity contribution < 1.29 is 4.52 Å². The van der Waals surface area contributed by atoms with E-state index in [1.165, 1.54) is 11.1 Å². The quantitative estimate of drug-likeness (QED) is 0.299. The van der Waals surface area contributed by atoms with Crippen LogP contribution in [0.5, 0.6) is 0 Å². The van der Waals surface area contributed by atoms with Crippen LogP contribution in [0.1, 0.15) is 42.3 Å². The van der Waals surface area contributed by atoms with Crippen LogP contribution < -0.4 is 10.6 Å². The maximum Gasteiger partial charge on any atom is 0.191 e. The molecule has 2 aromatic heterocycles. The average molecular weight is 494 g/mol. The van der Waals surface area contributed by atoms with Crippen LogP contribution in [0.2, 0.25) is 0 Å². The van der Waals surface area contributed by atoms with Crippen molar-refractivity contribution in [3.63, 3.8) is 0 Å². The minimum Gasteiger partial charge on any atom is -0.359 e. The Morgan fingerprint density at radius 3 is 2.54 bits per heavy atom. The SMILES string of the molecule is CN=C(NCc1cc(C(C)C)no1)NCc1ccccc1Cn1cccn1.I. The number of hydrogen-bond acceptors (Lipinski definition) is 4. The van der Waals surface area contributed by atoms with Crippen LogP contribution in [0.25, 0.3) is 0 Å². The maximum absolute atomic E-state index is 5.36. The summed E-state index contributed by atoms with van der Waals surface area (Å²) >= 11 is 0. The number of nitrogens with zero attached hydrogens (tertiary/aromatic N) is 4. The van der Waals surface area contributed by atoms with Crippen LogP contribution in [0.4, 0.5) is 0 Å². The molecule has 3 aromatic rings. The third-order valence-electron chi connectivity index (χ3n) is 4.28. The zero-order valence-corrected chi connectivity index (χ0v) is 18.8. The minimum atomic E-state index is 0. The molecule has 3 rings (SSSR count). The lowest BCUT2D eigenvalue weighted by atomic mass is 10.1. The molecule has 0 spiro atoms. The molecular weight excluding hydrogens is 467 g/mol. The van der Waals surface area contributed by atoms with Crippen molar-refractivity contribution in [2.45, 2.75) is 39.4 Å². The normalized spacial score (nSPS) is 11.4. The molecule has 0 fully saturated rings. The Morgan fingerprint density at radius 2 is 1.89 bits per heavy atom. The number of rotatable bonds is 7. The van der Waals surface area contributed by atoms with Gasteiger partial charge in [0.2, 0.25) is 0 Å². The molecule has 0 bridgehead atoms. The Kier molecular flexibility index (Phi) is 8.49. The third-order valence-corrected chi connectivity index (χ3v) is 4.28. The zero-order valence-electron chi connectivity index (χ0n) is 16.4. The fraction of sp³-hybridized carbons (Fsp3) is 0.350. The summed E-state index contributed by atoms with van der Waals surface area (Å²) < 4.78 is 7.28. The van der Waals surface area contributed by atoms with Gasteiger partial charge in [-0.15, -0.1) is 24.0 Å². The Labute approximate surface area is 182 Å². The topological polar surface area (TPSA) is 80.3 Å². The van der Waals surface area contributed by atoms with Gasteiger partial charge in [0.25, 0.3) is 0 Å². The lowest BCUT2D eigenvalue weighted by Crippen LogP contribution is -2.36. The minimum absolute atomic E-state index is 0. The van der Waals surface area contributed by atoms with Crippen molar-refractivity contribution in [2.24, 2.45) is 4.99 Å². The van der Waals surface area contributed by atoms with Crippen molar-refractivity contribution in [2.75, 3.05) is 7.05 Å². The number of aliphatic imine (C=N–C) groups is 1. The first kappa shape index (κ1) is 21.9. The number of aromatic nitrogens is 3. The van der Waals surface area contributed by atoms with Gasteiger partial charge in [-0.3, -0.25) is 9.67 Å². The highest BCUT2D eigenvalue weighted by atomic mass is 127. The fourth-order valence-electron chi connectivity index (χ4n) is 2.71. The van der Waals surface area contributed by atoms with E-state index in [1.54, 1.807) is 13.2 Å². The van der Waals surface area contributed by atoms with Crippen molar-refractivity contribution in [1.29, 1.82) is 0 Å². The summed E-state index contributed by atoms with van der Waals surface area (Å²) in [5.74, 6) is 1.86. The second-order valence-electron chi connectivity index (χ2n) is 6.62. The molecule has 8 heteroatoms. The van der Waals surface area contributed by atoms with Gasteiger partial charge in [0.15, 0.2) is 11.7 Å². The summed E-state index contributed by atoms with van der Waals surface area (Å²) in [4.78, 5) is 4.28. The lowest BCUT2D eigenvalue weighted by molar-refractivity contribution is 0.372. The van der Waals surface area contributed by atoms with Gasteiger partial charge in [-0.1, -0.05) is 43.3 Å². The van der Waals surface area contributed by atoms with Gasteiger partial charge in [-0.05, 0) is 23.1 Å². The van der Waals surface area contributed by atoms with E-state index in [4.69, 9.17) is 4.52 Å². The van der Waals surface area contributed by atoms with E-state index in [2.05, 4.69) is 51.9 Å². The van der Waals surface area contributed by atoms with E-state index in [9.17, 15) is 0 Å². The molecule has 0 aliphatic heterocycles. The second-order valence-corrected chi connectivity index (χ2v) is 6.62. The van der Waals surface area contributed by atoms with Crippen LogP contribution in [0.15, 0.2) is 58.3 Å². The fourth-order valence-corrected chi connectivity index (χ4v) is 2.71. The largest absolute Gasteiger partial charge is 0.359 e. The lowest BCUT2D eigenvalue weighted by Gasteiger charge is -2.14. The van der Waals surface area contributed by atoms with Gasteiger partial charge in [0.05, 0.1) is 18.8 Å². The first-order chi connectivity index (χ1) is 13.2. The van der Waals surface area contributed by atoms with E-state index in [0.717, 1.165) is 18.0 Å². The summed E-state index contributed by atoms with van der Waals surface area (Å²) in [5.41, 5.74) is 3.39. The predicted octanol–water partition coefficient (Wildman–Crippen LogP) is 3.53. The first-order valence-electron chi connectivity index (χ1n) is 9.10. The van der Waals surface area contributed by atoms with Gasteiger partial charge in [0.1, 0.15) is 0 Å². The second kappa shape index (κ2) is 10.8. The van der Waals surface area contributed by atoms with E-state index < -0.39 is 0 Å². The molecule has 0 saturated carbocycles. The first-order valence-corrected chi connectivity index (χ1v) is 9.10. The highest BCUT2D eigenvalue weighted by Crippen LogP contribution is 2.14. The van der Waals surface area contributed by atoms with Gasteiger partial charge in [-0.25, -0.2) is 0 Å². The molecule has 0 aliphatic carbocycles. The monoisotopic (exact) mass is 494 g/mol. The van der Waals surface area contributed by atoms with Crippen LogP contribution in [0, 0.1) is 0 Å². The van der Waals surface area contributed by atoms with Gasteiger partial charge >= 0.3 is 0 Å². The standard InChI is InChI=1S/C20H26N6O.HI/c1-15(2)19-11-18(27-25-19)13-23-20(21-3)22-12-16-7-4-5-8-17(16)14-26-10-6-9-24-26;/h4-11,15H,12-14H2,1-3H3,(H2,21,22,23);1H. The summed E-state index contributed by atoms with van der Waals surface area (Å²) in [5, 5.41) is 15.0. The Bertz CT molecular complexity index is 872. The van der Waals surface area contributed by atoms with Crippen molar-refractivity contribution in [3.8, 4) is 0 Å². The van der Waals surface area contributed by atoms with E-state index >= 15 is 0 Å². The Hall–Kier alpha value is -2.36. The molecule has 0 aliphatic rings. The van der Waals surface area contributed by atoms with E-state index in [1.807, 2.05) is 35.1 Å². The molecule has 2 heterocycles. The molecule has 1 aromatic carbocycles. The third kappa shape index (κ3) is 6.08. The van der Waals surface area contributed by atoms with Gasteiger partial charge < -0.3 is 15.2 Å². The number of guanidine groups is 1. The smallest absolute Gasteiger partial charge is 0.191 e. The summed E-state index contributed by atoms with van der Waals surface area (Å²) in [7, 11) is 1.75. The summed E-state index contributed by atoms with van der Waals surface area (Å²) in [6, 6.07) is 12.2. The molecule has 2 N–H and O–H groups in total. The van der Waals surface area contributed by atoms with E-state index in [-0.39, 0.29) is 24.0 Å². The van der Waals surface area contributed by atoms with Crippen LogP contribution in [-0.2, 0) is 19.6 Å².